The van der Waals surface area contributed by atoms with Crippen molar-refractivity contribution in [3.8, 4) is 11.4 Å². The number of rotatable bonds is 6. The summed E-state index contributed by atoms with van der Waals surface area (Å²) in [6.45, 7) is 6.52. The summed E-state index contributed by atoms with van der Waals surface area (Å²) in [6.07, 6.45) is 0. The largest absolute Gasteiger partial charge is 0.302 e. The second-order valence-electron chi connectivity index (χ2n) is 6.53. The first-order valence-corrected chi connectivity index (χ1v) is 10.3. The molecule has 0 spiro atoms. The van der Waals surface area contributed by atoms with Gasteiger partial charge in [0.15, 0.2) is 11.0 Å². The number of benzene rings is 2. The highest BCUT2D eigenvalue weighted by Crippen LogP contribution is 2.23. The van der Waals surface area contributed by atoms with Gasteiger partial charge in [-0.25, -0.2) is 0 Å². The lowest BCUT2D eigenvalue weighted by Gasteiger charge is -2.10. The van der Waals surface area contributed by atoms with Crippen molar-refractivity contribution in [2.45, 2.75) is 32.5 Å². The number of amides is 2. The molecule has 0 radical (unpaired) electrons. The molecule has 2 N–H and O–H groups in total. The van der Waals surface area contributed by atoms with Crippen LogP contribution in [0, 0.1) is 13.8 Å². The van der Waals surface area contributed by atoms with Crippen LogP contribution >= 0.6 is 11.8 Å². The lowest BCUT2D eigenvalue weighted by Crippen LogP contribution is -2.42. The molecule has 0 atom stereocenters. The number of aromatic nitrogens is 3. The number of nitrogens with zero attached hydrogens (tertiary/aromatic N) is 3. The van der Waals surface area contributed by atoms with Crippen molar-refractivity contribution in [1.29, 1.82) is 0 Å². The minimum Gasteiger partial charge on any atom is -0.302 e. The van der Waals surface area contributed by atoms with Crippen molar-refractivity contribution in [3.63, 3.8) is 0 Å². The van der Waals surface area contributed by atoms with Crippen molar-refractivity contribution < 1.29 is 9.59 Å². The van der Waals surface area contributed by atoms with Gasteiger partial charge in [0.05, 0.1) is 5.75 Å². The number of nitrogens with one attached hydrogen (secondary N) is 2. The van der Waals surface area contributed by atoms with Crippen LogP contribution in [0.1, 0.15) is 28.4 Å². The Kier molecular flexibility index (Phi) is 6.66. The van der Waals surface area contributed by atoms with Crippen LogP contribution in [-0.2, 0) is 11.3 Å². The van der Waals surface area contributed by atoms with E-state index in [-0.39, 0.29) is 17.6 Å². The second-order valence-corrected chi connectivity index (χ2v) is 7.47. The normalized spacial score (nSPS) is 10.6. The van der Waals surface area contributed by atoms with Gasteiger partial charge in [0.25, 0.3) is 5.91 Å². The molecule has 1 heterocycles. The molecule has 3 aromatic rings. The second kappa shape index (κ2) is 9.38. The molecular weight excluding hydrogens is 386 g/mol. The summed E-state index contributed by atoms with van der Waals surface area (Å²) in [5.74, 6) is 0.211. The van der Waals surface area contributed by atoms with Gasteiger partial charge >= 0.3 is 0 Å². The molecule has 2 amide bonds. The Morgan fingerprint density at radius 1 is 1.03 bits per heavy atom. The maximum Gasteiger partial charge on any atom is 0.269 e. The Balaban J connectivity index is 1.57. The van der Waals surface area contributed by atoms with E-state index >= 15 is 0 Å². The number of carbonyl (C=O) groups is 2. The monoisotopic (exact) mass is 409 g/mol. The highest BCUT2D eigenvalue weighted by molar-refractivity contribution is 7.99. The van der Waals surface area contributed by atoms with Gasteiger partial charge in [-0.3, -0.25) is 20.4 Å². The zero-order valence-corrected chi connectivity index (χ0v) is 17.4. The summed E-state index contributed by atoms with van der Waals surface area (Å²) >= 11 is 1.27. The number of thioether (sulfide) groups is 1. The van der Waals surface area contributed by atoms with Crippen LogP contribution in [0.2, 0.25) is 0 Å². The maximum absolute atomic E-state index is 12.3. The van der Waals surface area contributed by atoms with Crippen LogP contribution in [0.3, 0.4) is 0 Å². The fraction of sp³-hybridized carbons (Fsp3) is 0.238. The van der Waals surface area contributed by atoms with Crippen LogP contribution < -0.4 is 10.9 Å². The van der Waals surface area contributed by atoms with Gasteiger partial charge in [-0.05, 0) is 32.4 Å². The van der Waals surface area contributed by atoms with E-state index in [0.29, 0.717) is 17.3 Å². The Bertz CT molecular complexity index is 1020. The topological polar surface area (TPSA) is 88.9 Å². The van der Waals surface area contributed by atoms with Gasteiger partial charge in [-0.15, -0.1) is 10.2 Å². The molecule has 150 valence electrons. The number of hydrogen-bond acceptors (Lipinski definition) is 5. The van der Waals surface area contributed by atoms with Crippen molar-refractivity contribution in [3.05, 3.63) is 65.2 Å². The summed E-state index contributed by atoms with van der Waals surface area (Å²) in [7, 11) is 0. The zero-order chi connectivity index (χ0) is 20.8. The number of hydrazine groups is 1. The van der Waals surface area contributed by atoms with Gasteiger partial charge in [0.2, 0.25) is 5.91 Å². The average Bonchev–Trinajstić information content (AvgIpc) is 3.14. The quantitative estimate of drug-likeness (QED) is 0.482. The van der Waals surface area contributed by atoms with E-state index in [1.54, 1.807) is 6.07 Å². The zero-order valence-electron chi connectivity index (χ0n) is 16.6. The summed E-state index contributed by atoms with van der Waals surface area (Å²) in [4.78, 5) is 24.4. The van der Waals surface area contributed by atoms with E-state index in [9.17, 15) is 9.59 Å². The van der Waals surface area contributed by atoms with Gasteiger partial charge in [0, 0.05) is 17.7 Å². The van der Waals surface area contributed by atoms with E-state index in [4.69, 9.17) is 0 Å². The van der Waals surface area contributed by atoms with Crippen LogP contribution in [0.4, 0.5) is 0 Å². The van der Waals surface area contributed by atoms with Crippen molar-refractivity contribution in [2.75, 3.05) is 5.75 Å². The molecule has 0 saturated heterocycles. The summed E-state index contributed by atoms with van der Waals surface area (Å²) < 4.78 is 1.96. The Labute approximate surface area is 173 Å². The van der Waals surface area contributed by atoms with E-state index in [0.717, 1.165) is 22.5 Å². The van der Waals surface area contributed by atoms with Gasteiger partial charge < -0.3 is 4.57 Å². The SMILES string of the molecule is CCn1c(SCC(=O)NNC(=O)c2ccc(C)cc2C)nnc1-c1ccccc1. The molecule has 0 unspecified atom stereocenters. The van der Waals surface area contributed by atoms with Crippen molar-refractivity contribution in [1.82, 2.24) is 25.6 Å². The summed E-state index contributed by atoms with van der Waals surface area (Å²) in [5.41, 5.74) is 8.35. The third-order valence-electron chi connectivity index (χ3n) is 4.34. The first-order valence-electron chi connectivity index (χ1n) is 9.27. The van der Waals surface area contributed by atoms with Crippen molar-refractivity contribution in [2.24, 2.45) is 0 Å². The Hall–Kier alpha value is -3.13. The molecule has 0 aliphatic carbocycles. The van der Waals surface area contributed by atoms with E-state index in [1.165, 1.54) is 11.8 Å². The molecule has 1 aromatic heterocycles. The molecule has 3 rings (SSSR count). The molecule has 0 saturated carbocycles. The highest BCUT2D eigenvalue weighted by atomic mass is 32.2. The first kappa shape index (κ1) is 20.6. The van der Waals surface area contributed by atoms with E-state index in [1.807, 2.05) is 67.8 Å². The van der Waals surface area contributed by atoms with Gasteiger partial charge in [-0.1, -0.05) is 59.8 Å². The molecule has 29 heavy (non-hydrogen) atoms. The predicted octanol–water partition coefficient (Wildman–Crippen LogP) is 3.14. The highest BCUT2D eigenvalue weighted by Gasteiger charge is 2.15. The fourth-order valence-electron chi connectivity index (χ4n) is 2.91. The lowest BCUT2D eigenvalue weighted by molar-refractivity contribution is -0.119. The maximum atomic E-state index is 12.3. The molecule has 0 fully saturated rings. The molecule has 8 heteroatoms. The number of aryl methyl sites for hydroxylation is 2. The number of carbonyl (C=O) groups excluding carboxylic acids is 2. The fourth-order valence-corrected chi connectivity index (χ4v) is 3.71. The van der Waals surface area contributed by atoms with Gasteiger partial charge in [-0.2, -0.15) is 0 Å². The van der Waals surface area contributed by atoms with Crippen LogP contribution in [0.5, 0.6) is 0 Å². The van der Waals surface area contributed by atoms with Crippen LogP contribution in [0.25, 0.3) is 11.4 Å². The van der Waals surface area contributed by atoms with Crippen LogP contribution in [-0.4, -0.2) is 32.3 Å². The molecule has 0 aliphatic heterocycles. The standard InChI is InChI=1S/C21H23N5O2S/c1-4-26-19(16-8-6-5-7-9-16)23-25-21(26)29-13-18(27)22-24-20(28)17-11-10-14(2)12-15(17)3/h5-12H,4,13H2,1-3H3,(H,22,27)(H,24,28). The third kappa shape index (κ3) is 5.03. The average molecular weight is 410 g/mol. The smallest absolute Gasteiger partial charge is 0.269 e. The molecule has 7 nitrogen and oxygen atoms in total. The van der Waals surface area contributed by atoms with Crippen molar-refractivity contribution >= 4 is 23.6 Å². The minimum atomic E-state index is -0.344. The van der Waals surface area contributed by atoms with E-state index < -0.39 is 0 Å². The van der Waals surface area contributed by atoms with E-state index in [2.05, 4.69) is 21.0 Å². The summed E-state index contributed by atoms with van der Waals surface area (Å²) in [5, 5.41) is 9.12. The Morgan fingerprint density at radius 2 is 1.79 bits per heavy atom. The molecule has 2 aromatic carbocycles. The van der Waals surface area contributed by atoms with Gasteiger partial charge in [0.1, 0.15) is 0 Å². The third-order valence-corrected chi connectivity index (χ3v) is 5.31. The Morgan fingerprint density at radius 3 is 2.48 bits per heavy atom. The van der Waals surface area contributed by atoms with Crippen LogP contribution in [0.15, 0.2) is 53.7 Å². The molecule has 0 aliphatic rings. The minimum absolute atomic E-state index is 0.111. The summed E-state index contributed by atoms with van der Waals surface area (Å²) in [6, 6.07) is 15.3. The predicted molar refractivity (Wildman–Crippen MR) is 113 cm³/mol. The molecule has 0 bridgehead atoms. The number of hydrogen-bond donors (Lipinski definition) is 2. The lowest BCUT2D eigenvalue weighted by atomic mass is 10.1. The molecular formula is C21H23N5O2S. The first-order chi connectivity index (χ1) is 14.0.